The van der Waals surface area contributed by atoms with Crippen molar-refractivity contribution >= 4 is 57.7 Å². The molecule has 0 bridgehead atoms. The van der Waals surface area contributed by atoms with Crippen LogP contribution in [-0.2, 0) is 19.6 Å². The van der Waals surface area contributed by atoms with E-state index in [1.807, 2.05) is 0 Å². The zero-order chi connectivity index (χ0) is 27.1. The van der Waals surface area contributed by atoms with E-state index in [2.05, 4.69) is 23.3 Å². The summed E-state index contributed by atoms with van der Waals surface area (Å²) >= 11 is 10.2. The summed E-state index contributed by atoms with van der Waals surface area (Å²) < 4.78 is 29.4. The molecule has 0 spiro atoms. The lowest BCUT2D eigenvalue weighted by atomic mass is 10.1. The number of amides is 2. The van der Waals surface area contributed by atoms with Gasteiger partial charge >= 0.3 is 5.97 Å². The SMILES string of the molecule is C[C@H](CS)C(=O)N1C[C@@H](Oc2ccc(C3NC(=O)c4cc(S(N)(=O)=O)c(Cl)cc4N3)cc2)C[C@H]1C(=O)O. The average molecular weight is 569 g/mol. The molecule has 2 aliphatic heterocycles. The number of carbonyl (C=O) groups excluding carboxylic acids is 2. The summed E-state index contributed by atoms with van der Waals surface area (Å²) in [6.07, 6.45) is -0.984. The fraction of sp³-hybridized carbons (Fsp3) is 0.348. The third kappa shape index (κ3) is 5.64. The minimum Gasteiger partial charge on any atom is -0.488 e. The number of nitrogens with two attached hydrogens (primary N) is 1. The highest BCUT2D eigenvalue weighted by Crippen LogP contribution is 2.34. The Hall–Kier alpha value is -3.00. The number of primary sulfonamides is 1. The summed E-state index contributed by atoms with van der Waals surface area (Å²) in [5, 5.41) is 20.5. The summed E-state index contributed by atoms with van der Waals surface area (Å²) in [4.78, 5) is 37.9. The molecule has 4 atom stereocenters. The molecule has 2 aromatic carbocycles. The number of ether oxygens (including phenoxy) is 1. The van der Waals surface area contributed by atoms with Crippen molar-refractivity contribution in [2.75, 3.05) is 17.6 Å². The molecular formula is C23H25ClN4O7S2. The van der Waals surface area contributed by atoms with Gasteiger partial charge in [0, 0.05) is 18.1 Å². The van der Waals surface area contributed by atoms with Crippen molar-refractivity contribution in [1.29, 1.82) is 0 Å². The fourth-order valence-corrected chi connectivity index (χ4v) is 5.55. The zero-order valence-electron chi connectivity index (χ0n) is 19.5. The lowest BCUT2D eigenvalue weighted by Crippen LogP contribution is -2.43. The molecule has 37 heavy (non-hydrogen) atoms. The number of halogens is 1. The number of thiol groups is 1. The topological polar surface area (TPSA) is 168 Å². The highest BCUT2D eigenvalue weighted by Gasteiger charge is 2.41. The van der Waals surface area contributed by atoms with E-state index in [0.717, 1.165) is 6.07 Å². The summed E-state index contributed by atoms with van der Waals surface area (Å²) in [6.45, 7) is 1.85. The van der Waals surface area contributed by atoms with Crippen LogP contribution < -0.4 is 20.5 Å². The minimum atomic E-state index is -4.10. The number of nitrogens with one attached hydrogen (secondary N) is 2. The van der Waals surface area contributed by atoms with E-state index in [4.69, 9.17) is 21.5 Å². The Morgan fingerprint density at radius 2 is 1.95 bits per heavy atom. The number of carboxylic acids is 1. The molecule has 0 aliphatic carbocycles. The summed E-state index contributed by atoms with van der Waals surface area (Å²) in [6, 6.07) is 8.27. The molecule has 1 fully saturated rings. The second-order valence-electron chi connectivity index (χ2n) is 8.90. The van der Waals surface area contributed by atoms with Crippen molar-refractivity contribution in [3.8, 4) is 5.75 Å². The van der Waals surface area contributed by atoms with E-state index in [1.54, 1.807) is 31.2 Å². The molecule has 1 saturated heterocycles. The number of aliphatic carboxylic acids is 1. The maximum Gasteiger partial charge on any atom is 0.326 e. The molecule has 11 nitrogen and oxygen atoms in total. The number of fused-ring (bicyclic) bond motifs is 1. The van der Waals surface area contributed by atoms with Gasteiger partial charge in [-0.3, -0.25) is 9.59 Å². The van der Waals surface area contributed by atoms with Crippen LogP contribution in [0, 0.1) is 5.92 Å². The number of hydrogen-bond donors (Lipinski definition) is 5. The van der Waals surface area contributed by atoms with Gasteiger partial charge in [-0.2, -0.15) is 12.6 Å². The van der Waals surface area contributed by atoms with Crippen molar-refractivity contribution in [2.45, 2.75) is 36.6 Å². The van der Waals surface area contributed by atoms with Crippen LogP contribution in [0.4, 0.5) is 5.69 Å². The molecule has 198 valence electrons. The van der Waals surface area contributed by atoms with Gasteiger partial charge in [-0.15, -0.1) is 0 Å². The van der Waals surface area contributed by atoms with Crippen molar-refractivity contribution < 1.29 is 32.6 Å². The minimum absolute atomic E-state index is 0.0881. The molecule has 2 aromatic rings. The van der Waals surface area contributed by atoms with Crippen molar-refractivity contribution in [3.63, 3.8) is 0 Å². The predicted molar refractivity (Wildman–Crippen MR) is 138 cm³/mol. The predicted octanol–water partition coefficient (Wildman–Crippen LogP) is 1.84. The number of carbonyl (C=O) groups is 3. The van der Waals surface area contributed by atoms with Crippen LogP contribution in [-0.4, -0.2) is 60.7 Å². The van der Waals surface area contributed by atoms with Crippen molar-refractivity contribution in [1.82, 2.24) is 10.2 Å². The zero-order valence-corrected chi connectivity index (χ0v) is 22.0. The Morgan fingerprint density at radius 1 is 1.27 bits per heavy atom. The summed E-state index contributed by atoms with van der Waals surface area (Å²) in [7, 11) is -4.10. The van der Waals surface area contributed by atoms with Gasteiger partial charge in [0.05, 0.1) is 22.8 Å². The third-order valence-electron chi connectivity index (χ3n) is 6.24. The van der Waals surface area contributed by atoms with Gasteiger partial charge in [-0.25, -0.2) is 18.4 Å². The van der Waals surface area contributed by atoms with Crippen LogP contribution in [0.3, 0.4) is 0 Å². The molecule has 14 heteroatoms. The highest BCUT2D eigenvalue weighted by molar-refractivity contribution is 7.89. The van der Waals surface area contributed by atoms with Crippen LogP contribution >= 0.6 is 24.2 Å². The number of sulfonamides is 1. The normalized spacial score (nSPS) is 22.0. The maximum atomic E-state index is 12.7. The first-order valence-corrected chi connectivity index (χ1v) is 13.8. The van der Waals surface area contributed by atoms with Gasteiger partial charge in [0.2, 0.25) is 15.9 Å². The van der Waals surface area contributed by atoms with Crippen molar-refractivity contribution in [3.05, 3.63) is 52.5 Å². The lowest BCUT2D eigenvalue weighted by Gasteiger charge is -2.29. The van der Waals surface area contributed by atoms with Gasteiger partial charge in [0.15, 0.2) is 0 Å². The maximum absolute atomic E-state index is 12.7. The molecule has 5 N–H and O–H groups in total. The van der Waals surface area contributed by atoms with Gasteiger partial charge in [0.25, 0.3) is 5.91 Å². The monoisotopic (exact) mass is 568 g/mol. The standard InChI is InChI=1S/C23H25ClN4O7S2/c1-11(10-36)22(30)28-9-14(6-18(28)23(31)32)35-13-4-2-12(3-5-13)20-26-17-8-16(24)19(37(25,33)34)7-15(17)21(29)27-20/h2-5,7-8,11,14,18,20,26,36H,6,9-10H2,1H3,(H,27,29)(H,31,32)(H2,25,33,34)/t11-,14+,18+,20?/m1/s1. The Labute approximate surface area is 223 Å². The molecule has 0 aromatic heterocycles. The molecule has 4 rings (SSSR count). The molecule has 2 aliphatic rings. The molecule has 1 unspecified atom stereocenters. The number of likely N-dealkylation sites (tertiary alicyclic amines) is 1. The van der Waals surface area contributed by atoms with E-state index in [-0.39, 0.29) is 34.4 Å². The Kier molecular flexibility index (Phi) is 7.60. The van der Waals surface area contributed by atoms with Crippen LogP contribution in [0.15, 0.2) is 41.3 Å². The number of nitrogens with zero attached hydrogens (tertiary/aromatic N) is 1. The van der Waals surface area contributed by atoms with Crippen LogP contribution in [0.25, 0.3) is 0 Å². The van der Waals surface area contributed by atoms with Gasteiger partial charge in [0.1, 0.15) is 29.0 Å². The third-order valence-corrected chi connectivity index (χ3v) is 8.16. The Bertz CT molecular complexity index is 1350. The van der Waals surface area contributed by atoms with Crippen LogP contribution in [0.5, 0.6) is 5.75 Å². The van der Waals surface area contributed by atoms with Crippen molar-refractivity contribution in [2.24, 2.45) is 11.1 Å². The first-order valence-electron chi connectivity index (χ1n) is 11.2. The number of benzene rings is 2. The second-order valence-corrected chi connectivity index (χ2v) is 11.2. The van der Waals surface area contributed by atoms with E-state index in [9.17, 15) is 27.9 Å². The van der Waals surface area contributed by atoms with E-state index in [1.165, 1.54) is 11.0 Å². The van der Waals surface area contributed by atoms with Gasteiger partial charge in [-0.1, -0.05) is 30.7 Å². The van der Waals surface area contributed by atoms with Crippen LogP contribution in [0.2, 0.25) is 5.02 Å². The summed E-state index contributed by atoms with van der Waals surface area (Å²) in [5.41, 5.74) is 1.11. The van der Waals surface area contributed by atoms with Gasteiger partial charge < -0.3 is 25.4 Å². The first-order chi connectivity index (χ1) is 17.4. The number of anilines is 1. The second kappa shape index (κ2) is 10.4. The quantitative estimate of drug-likeness (QED) is 0.315. The van der Waals surface area contributed by atoms with Crippen LogP contribution in [0.1, 0.15) is 35.4 Å². The molecular weight excluding hydrogens is 544 g/mol. The smallest absolute Gasteiger partial charge is 0.326 e. The van der Waals surface area contributed by atoms with E-state index >= 15 is 0 Å². The van der Waals surface area contributed by atoms with Gasteiger partial charge in [-0.05, 0) is 29.8 Å². The highest BCUT2D eigenvalue weighted by atomic mass is 35.5. The largest absolute Gasteiger partial charge is 0.488 e. The first kappa shape index (κ1) is 27.0. The molecule has 0 radical (unpaired) electrons. The Balaban J connectivity index is 1.46. The Morgan fingerprint density at radius 3 is 2.54 bits per heavy atom. The average Bonchev–Trinajstić information content (AvgIpc) is 3.26. The molecule has 2 amide bonds. The van der Waals surface area contributed by atoms with E-state index < -0.39 is 46.1 Å². The lowest BCUT2D eigenvalue weighted by molar-refractivity contribution is -0.149. The molecule has 2 heterocycles. The number of carboxylic acid groups (broad SMARTS) is 1. The van der Waals surface area contributed by atoms with E-state index in [0.29, 0.717) is 22.8 Å². The number of rotatable bonds is 7. The summed E-state index contributed by atoms with van der Waals surface area (Å²) in [5.74, 6) is -1.50. The number of hydrogen-bond acceptors (Lipinski definition) is 8. The fourth-order valence-electron chi connectivity index (χ4n) is 4.30. The molecule has 0 saturated carbocycles.